The predicted molar refractivity (Wildman–Crippen MR) is 148 cm³/mol. The Labute approximate surface area is 230 Å². The molecule has 1 N–H and O–H groups in total. The summed E-state index contributed by atoms with van der Waals surface area (Å²) in [7, 11) is 0. The lowest BCUT2D eigenvalue weighted by Gasteiger charge is -2.27. The maximum atomic E-state index is 13.2. The zero-order chi connectivity index (χ0) is 26.6. The molecule has 0 bridgehead atoms. The number of thiazole rings is 1. The van der Waals surface area contributed by atoms with Gasteiger partial charge in [0.2, 0.25) is 0 Å². The normalized spacial score (nSPS) is 13.4. The molecule has 0 unspecified atom stereocenters. The van der Waals surface area contributed by atoms with E-state index >= 15 is 0 Å². The number of carbonyl (C=O) groups excluding carboxylic acids is 2. The molecule has 9 nitrogen and oxygen atoms in total. The second-order valence-corrected chi connectivity index (χ2v) is 11.0. The molecule has 194 valence electrons. The number of amides is 2. The minimum atomic E-state index is -0.443. The Kier molecular flexibility index (Phi) is 7.89. The zero-order valence-corrected chi connectivity index (χ0v) is 22.3. The van der Waals surface area contributed by atoms with Gasteiger partial charge in [-0.2, -0.15) is 0 Å². The first-order valence-corrected chi connectivity index (χ1v) is 13.8. The first-order chi connectivity index (χ1) is 18.4. The van der Waals surface area contributed by atoms with Crippen molar-refractivity contribution >= 4 is 68.1 Å². The van der Waals surface area contributed by atoms with Crippen molar-refractivity contribution in [2.24, 2.45) is 0 Å². The van der Waals surface area contributed by atoms with Crippen molar-refractivity contribution in [3.8, 4) is 0 Å². The van der Waals surface area contributed by atoms with Crippen LogP contribution in [0.25, 0.3) is 10.2 Å². The summed E-state index contributed by atoms with van der Waals surface area (Å²) < 4.78 is 6.89. The van der Waals surface area contributed by atoms with Crippen LogP contribution >= 0.6 is 34.7 Å². The van der Waals surface area contributed by atoms with Crippen LogP contribution in [0, 0.1) is 10.1 Å². The quantitative estimate of drug-likeness (QED) is 0.168. The Morgan fingerprint density at radius 1 is 1.11 bits per heavy atom. The summed E-state index contributed by atoms with van der Waals surface area (Å²) in [5, 5.41) is 14.6. The largest absolute Gasteiger partial charge is 0.378 e. The SMILES string of the molecule is O=C(Nc1ccc2nc(SCc3c(Cl)cccc3[N+](=O)[O-])sc2c1)c1ccccc1C(=O)N1CCOCC1. The molecular weight excluding hydrogens is 548 g/mol. The molecule has 0 saturated carbocycles. The van der Waals surface area contributed by atoms with Gasteiger partial charge >= 0.3 is 0 Å². The van der Waals surface area contributed by atoms with Crippen LogP contribution in [0.15, 0.2) is 65.0 Å². The van der Waals surface area contributed by atoms with Crippen molar-refractivity contribution in [3.05, 3.63) is 92.5 Å². The Bertz CT molecular complexity index is 1540. The van der Waals surface area contributed by atoms with Gasteiger partial charge in [0.1, 0.15) is 0 Å². The molecule has 1 aliphatic rings. The molecule has 2 amide bonds. The van der Waals surface area contributed by atoms with E-state index in [9.17, 15) is 19.7 Å². The van der Waals surface area contributed by atoms with Gasteiger partial charge in [0.05, 0.1) is 50.1 Å². The van der Waals surface area contributed by atoms with Gasteiger partial charge in [0, 0.05) is 30.6 Å². The molecule has 0 aliphatic carbocycles. The van der Waals surface area contributed by atoms with E-state index in [-0.39, 0.29) is 17.5 Å². The van der Waals surface area contributed by atoms with E-state index in [1.54, 1.807) is 53.4 Å². The first kappa shape index (κ1) is 26.1. The van der Waals surface area contributed by atoms with Crippen LogP contribution in [0.1, 0.15) is 26.3 Å². The lowest BCUT2D eigenvalue weighted by molar-refractivity contribution is -0.385. The fourth-order valence-corrected chi connectivity index (χ4v) is 6.51. The number of rotatable bonds is 7. The maximum Gasteiger partial charge on any atom is 0.274 e. The maximum absolute atomic E-state index is 13.2. The average Bonchev–Trinajstić information content (AvgIpc) is 3.34. The van der Waals surface area contributed by atoms with Crippen LogP contribution in [0.3, 0.4) is 0 Å². The monoisotopic (exact) mass is 568 g/mol. The van der Waals surface area contributed by atoms with Gasteiger partial charge in [0.15, 0.2) is 4.34 Å². The van der Waals surface area contributed by atoms with Crippen LogP contribution < -0.4 is 5.32 Å². The van der Waals surface area contributed by atoms with E-state index in [1.165, 1.54) is 29.2 Å². The molecule has 12 heteroatoms. The van der Waals surface area contributed by atoms with Gasteiger partial charge in [-0.25, -0.2) is 4.98 Å². The van der Waals surface area contributed by atoms with Crippen LogP contribution in [-0.2, 0) is 10.5 Å². The Hall–Kier alpha value is -3.51. The standard InChI is InChI=1S/C26H21ClN4O5S2/c27-20-6-3-7-22(31(34)35)19(20)15-37-26-29-21-9-8-16(14-23(21)38-26)28-24(32)17-4-1-2-5-18(17)25(33)30-10-12-36-13-11-30/h1-9,14H,10-13,15H2,(H,28,32). The summed E-state index contributed by atoms with van der Waals surface area (Å²) >= 11 is 8.98. The van der Waals surface area contributed by atoms with E-state index in [2.05, 4.69) is 10.3 Å². The van der Waals surface area contributed by atoms with Crippen molar-refractivity contribution in [2.75, 3.05) is 31.6 Å². The Morgan fingerprint density at radius 3 is 2.63 bits per heavy atom. The minimum Gasteiger partial charge on any atom is -0.378 e. The number of nitro groups is 1. The van der Waals surface area contributed by atoms with Crippen LogP contribution in [0.4, 0.5) is 11.4 Å². The number of nitro benzene ring substituents is 1. The number of halogens is 1. The number of anilines is 1. The minimum absolute atomic E-state index is 0.0245. The molecule has 3 aromatic carbocycles. The van der Waals surface area contributed by atoms with E-state index in [4.69, 9.17) is 16.3 Å². The topological polar surface area (TPSA) is 115 Å². The number of fused-ring (bicyclic) bond motifs is 1. The van der Waals surface area contributed by atoms with E-state index in [1.807, 2.05) is 6.07 Å². The molecular formula is C26H21ClN4O5S2. The smallest absolute Gasteiger partial charge is 0.274 e. The summed E-state index contributed by atoms with van der Waals surface area (Å²) in [6.45, 7) is 1.93. The number of hydrogen-bond donors (Lipinski definition) is 1. The van der Waals surface area contributed by atoms with Gasteiger partial charge in [-0.05, 0) is 36.4 Å². The highest BCUT2D eigenvalue weighted by Crippen LogP contribution is 2.36. The molecule has 1 fully saturated rings. The summed E-state index contributed by atoms with van der Waals surface area (Å²) in [5.41, 5.74) is 2.37. The third-order valence-corrected chi connectivity index (χ3v) is 8.50. The fraction of sp³-hybridized carbons (Fsp3) is 0.192. The Balaban J connectivity index is 1.31. The van der Waals surface area contributed by atoms with Gasteiger partial charge in [0.25, 0.3) is 17.5 Å². The summed E-state index contributed by atoms with van der Waals surface area (Å²) in [5.74, 6) is -0.281. The van der Waals surface area contributed by atoms with Crippen molar-refractivity contribution < 1.29 is 19.2 Å². The van der Waals surface area contributed by atoms with Crippen LogP contribution in [0.5, 0.6) is 0 Å². The second-order valence-electron chi connectivity index (χ2n) is 8.35. The average molecular weight is 569 g/mol. The highest BCUT2D eigenvalue weighted by Gasteiger charge is 2.23. The van der Waals surface area contributed by atoms with Crippen molar-refractivity contribution in [1.29, 1.82) is 0 Å². The number of aromatic nitrogens is 1. The third kappa shape index (κ3) is 5.65. The Morgan fingerprint density at radius 2 is 1.87 bits per heavy atom. The predicted octanol–water partition coefficient (Wildman–Crippen LogP) is 5.87. The van der Waals surface area contributed by atoms with Crippen molar-refractivity contribution in [3.63, 3.8) is 0 Å². The lowest BCUT2D eigenvalue weighted by atomic mass is 10.0. The molecule has 4 aromatic rings. The second kappa shape index (κ2) is 11.5. The number of nitrogens with zero attached hydrogens (tertiary/aromatic N) is 3. The van der Waals surface area contributed by atoms with Crippen molar-refractivity contribution in [1.82, 2.24) is 9.88 Å². The lowest BCUT2D eigenvalue weighted by Crippen LogP contribution is -2.41. The third-order valence-electron chi connectivity index (χ3n) is 5.96. The number of benzene rings is 3. The molecule has 38 heavy (non-hydrogen) atoms. The fourth-order valence-electron chi connectivity index (χ4n) is 4.04. The first-order valence-electron chi connectivity index (χ1n) is 11.6. The molecule has 0 spiro atoms. The van der Waals surface area contributed by atoms with E-state index in [0.29, 0.717) is 59.5 Å². The number of morpholine rings is 1. The summed E-state index contributed by atoms with van der Waals surface area (Å²) in [4.78, 5) is 43.4. The van der Waals surface area contributed by atoms with Gasteiger partial charge in [-0.15, -0.1) is 11.3 Å². The highest BCUT2D eigenvalue weighted by atomic mass is 35.5. The highest BCUT2D eigenvalue weighted by molar-refractivity contribution is 8.00. The molecule has 1 aliphatic heterocycles. The van der Waals surface area contributed by atoms with Crippen molar-refractivity contribution in [2.45, 2.75) is 10.1 Å². The summed E-state index contributed by atoms with van der Waals surface area (Å²) in [6.07, 6.45) is 0. The summed E-state index contributed by atoms with van der Waals surface area (Å²) in [6, 6.07) is 16.7. The van der Waals surface area contributed by atoms with Crippen LogP contribution in [-0.4, -0.2) is 52.9 Å². The van der Waals surface area contributed by atoms with Gasteiger partial charge < -0.3 is 15.0 Å². The van der Waals surface area contributed by atoms with Gasteiger partial charge in [-0.1, -0.05) is 41.6 Å². The molecule has 0 radical (unpaired) electrons. The number of thioether (sulfide) groups is 1. The molecule has 0 atom stereocenters. The molecule has 5 rings (SSSR count). The molecule has 1 aromatic heterocycles. The van der Waals surface area contributed by atoms with Gasteiger partial charge in [-0.3, -0.25) is 19.7 Å². The molecule has 2 heterocycles. The number of nitrogens with one attached hydrogen (secondary N) is 1. The van der Waals surface area contributed by atoms with E-state index < -0.39 is 4.92 Å². The van der Waals surface area contributed by atoms with E-state index in [0.717, 1.165) is 14.6 Å². The number of carbonyl (C=O) groups is 2. The zero-order valence-electron chi connectivity index (χ0n) is 19.9. The number of ether oxygens (including phenoxy) is 1. The number of hydrogen-bond acceptors (Lipinski definition) is 8. The molecule has 1 saturated heterocycles. The van der Waals surface area contributed by atoms with Crippen LogP contribution in [0.2, 0.25) is 5.02 Å².